The number of ether oxygens (including phenoxy) is 1. The number of rotatable bonds is 7. The maximum absolute atomic E-state index is 13.7. The number of nitrogens with one attached hydrogen (secondary N) is 1. The summed E-state index contributed by atoms with van der Waals surface area (Å²) in [7, 11) is 1.26. The first-order chi connectivity index (χ1) is 15.0. The van der Waals surface area contributed by atoms with E-state index in [1.54, 1.807) is 6.20 Å². The van der Waals surface area contributed by atoms with Crippen LogP contribution in [0.3, 0.4) is 0 Å². The molecule has 1 saturated heterocycles. The molecule has 4 rings (SSSR count). The van der Waals surface area contributed by atoms with E-state index in [1.807, 2.05) is 12.1 Å². The Morgan fingerprint density at radius 2 is 1.97 bits per heavy atom. The number of halogens is 2. The Labute approximate surface area is 177 Å². The van der Waals surface area contributed by atoms with Crippen LogP contribution in [0.25, 0.3) is 0 Å². The monoisotopic (exact) mass is 428 g/mol. The smallest absolute Gasteiger partial charge is 0.230 e. The van der Waals surface area contributed by atoms with Crippen molar-refractivity contribution in [3.8, 4) is 5.75 Å². The molecule has 0 aliphatic carbocycles. The zero-order valence-electron chi connectivity index (χ0n) is 17.0. The molecule has 162 valence electrons. The van der Waals surface area contributed by atoms with Crippen molar-refractivity contribution >= 4 is 17.5 Å². The molecule has 1 aromatic carbocycles. The van der Waals surface area contributed by atoms with Gasteiger partial charge in [0.25, 0.3) is 0 Å². The van der Waals surface area contributed by atoms with Gasteiger partial charge in [-0.1, -0.05) is 6.07 Å². The van der Waals surface area contributed by atoms with Gasteiger partial charge in [0.05, 0.1) is 26.3 Å². The second-order valence-electron chi connectivity index (χ2n) is 7.30. The summed E-state index contributed by atoms with van der Waals surface area (Å²) in [6, 6.07) is 6.25. The topological polar surface area (TPSA) is 85.2 Å². The predicted octanol–water partition coefficient (Wildman–Crippen LogP) is 2.79. The minimum Gasteiger partial charge on any atom is -0.494 e. The van der Waals surface area contributed by atoms with Gasteiger partial charge in [-0.3, -0.25) is 4.79 Å². The van der Waals surface area contributed by atoms with E-state index >= 15 is 0 Å². The maximum atomic E-state index is 13.7. The standard InChI is InChI=1S/C21H22F2N6O2/c1-31-17-9-15(8-16(22)21(17)23)13-29-25-12-18(27-29)26-20(30)10-14-4-5-19(24-11-14)28-6-2-3-7-28/h4-5,8-9,11-12H,2-3,6-7,10,13H2,1H3,(H,26,27,30). The highest BCUT2D eigenvalue weighted by atomic mass is 19.2. The number of hydrogen-bond donors (Lipinski definition) is 1. The first kappa shape index (κ1) is 20.7. The third-order valence-corrected chi connectivity index (χ3v) is 5.01. The van der Waals surface area contributed by atoms with E-state index < -0.39 is 11.6 Å². The summed E-state index contributed by atoms with van der Waals surface area (Å²) in [6.45, 7) is 2.12. The normalized spacial score (nSPS) is 13.5. The molecule has 0 bridgehead atoms. The van der Waals surface area contributed by atoms with E-state index in [9.17, 15) is 13.6 Å². The number of methoxy groups -OCH3 is 1. The lowest BCUT2D eigenvalue weighted by atomic mass is 10.2. The van der Waals surface area contributed by atoms with Crippen molar-refractivity contribution in [1.29, 1.82) is 0 Å². The number of benzene rings is 1. The number of hydrogen-bond acceptors (Lipinski definition) is 6. The second kappa shape index (κ2) is 9.07. The van der Waals surface area contributed by atoms with E-state index in [0.717, 1.165) is 30.5 Å². The summed E-state index contributed by atoms with van der Waals surface area (Å²) in [6.07, 6.45) is 5.61. The Morgan fingerprint density at radius 3 is 2.68 bits per heavy atom. The van der Waals surface area contributed by atoms with E-state index in [2.05, 4.69) is 25.4 Å². The van der Waals surface area contributed by atoms with Gasteiger partial charge in [0.2, 0.25) is 11.7 Å². The Bertz CT molecular complexity index is 1060. The summed E-state index contributed by atoms with van der Waals surface area (Å²) in [5.74, 6) is -1.31. The number of carbonyl (C=O) groups excluding carboxylic acids is 1. The largest absolute Gasteiger partial charge is 0.494 e. The molecule has 3 aromatic rings. The molecule has 0 atom stereocenters. The fourth-order valence-corrected chi connectivity index (χ4v) is 3.48. The van der Waals surface area contributed by atoms with Gasteiger partial charge in [-0.05, 0) is 42.2 Å². The van der Waals surface area contributed by atoms with Gasteiger partial charge in [0.15, 0.2) is 17.4 Å². The number of pyridine rings is 1. The molecule has 0 spiro atoms. The van der Waals surface area contributed by atoms with Crippen LogP contribution in [0.15, 0.2) is 36.7 Å². The fraction of sp³-hybridized carbons (Fsp3) is 0.333. The Balaban J connectivity index is 1.34. The van der Waals surface area contributed by atoms with E-state index in [-0.39, 0.29) is 30.4 Å². The average molecular weight is 428 g/mol. The van der Waals surface area contributed by atoms with Gasteiger partial charge >= 0.3 is 0 Å². The van der Waals surface area contributed by atoms with Crippen molar-refractivity contribution < 1.29 is 18.3 Å². The summed E-state index contributed by atoms with van der Waals surface area (Å²) in [4.78, 5) is 20.3. The second-order valence-corrected chi connectivity index (χ2v) is 7.30. The van der Waals surface area contributed by atoms with Crippen molar-refractivity contribution in [2.24, 2.45) is 0 Å². The van der Waals surface area contributed by atoms with Crippen LogP contribution in [-0.2, 0) is 17.8 Å². The molecule has 1 amide bonds. The van der Waals surface area contributed by atoms with Gasteiger partial charge in [0.1, 0.15) is 5.82 Å². The third-order valence-electron chi connectivity index (χ3n) is 5.01. The minimum atomic E-state index is -1.05. The molecule has 1 N–H and O–H groups in total. The van der Waals surface area contributed by atoms with Crippen molar-refractivity contribution in [2.75, 3.05) is 30.4 Å². The number of aromatic nitrogens is 4. The molecule has 10 heteroatoms. The molecule has 31 heavy (non-hydrogen) atoms. The van der Waals surface area contributed by atoms with Crippen molar-refractivity contribution in [3.05, 3.63) is 59.4 Å². The van der Waals surface area contributed by atoms with E-state index in [0.29, 0.717) is 5.56 Å². The zero-order valence-corrected chi connectivity index (χ0v) is 17.0. The Morgan fingerprint density at radius 1 is 1.16 bits per heavy atom. The van der Waals surface area contributed by atoms with E-state index in [1.165, 1.54) is 37.0 Å². The van der Waals surface area contributed by atoms with Crippen LogP contribution >= 0.6 is 0 Å². The lowest BCUT2D eigenvalue weighted by Crippen LogP contribution is -2.19. The van der Waals surface area contributed by atoms with Gasteiger partial charge in [-0.25, -0.2) is 9.37 Å². The molecule has 0 saturated carbocycles. The van der Waals surface area contributed by atoms with Crippen LogP contribution in [0.1, 0.15) is 24.0 Å². The minimum absolute atomic E-state index is 0.0886. The highest BCUT2D eigenvalue weighted by molar-refractivity contribution is 5.91. The fourth-order valence-electron chi connectivity index (χ4n) is 3.48. The number of nitrogens with zero attached hydrogens (tertiary/aromatic N) is 5. The number of carbonyl (C=O) groups is 1. The summed E-state index contributed by atoms with van der Waals surface area (Å²) >= 11 is 0. The SMILES string of the molecule is COc1cc(Cn2ncc(NC(=O)Cc3ccc(N4CCCC4)nc3)n2)cc(F)c1F. The number of amides is 1. The van der Waals surface area contributed by atoms with Gasteiger partial charge in [-0.2, -0.15) is 14.3 Å². The highest BCUT2D eigenvalue weighted by Gasteiger charge is 2.15. The average Bonchev–Trinajstić information content (AvgIpc) is 3.43. The van der Waals surface area contributed by atoms with Crippen LogP contribution in [0, 0.1) is 11.6 Å². The first-order valence-corrected chi connectivity index (χ1v) is 9.93. The summed E-state index contributed by atoms with van der Waals surface area (Å²) in [5, 5.41) is 10.9. The summed E-state index contributed by atoms with van der Waals surface area (Å²) in [5.41, 5.74) is 1.22. The maximum Gasteiger partial charge on any atom is 0.230 e. The highest BCUT2D eigenvalue weighted by Crippen LogP contribution is 2.22. The molecule has 1 fully saturated rings. The Hall–Kier alpha value is -3.56. The van der Waals surface area contributed by atoms with Gasteiger partial charge in [0, 0.05) is 19.3 Å². The summed E-state index contributed by atoms with van der Waals surface area (Å²) < 4.78 is 32.0. The molecule has 1 aliphatic heterocycles. The van der Waals surface area contributed by atoms with E-state index in [4.69, 9.17) is 4.74 Å². The van der Waals surface area contributed by atoms with Crippen LogP contribution in [-0.4, -0.2) is 46.1 Å². The predicted molar refractivity (Wildman–Crippen MR) is 110 cm³/mol. The zero-order chi connectivity index (χ0) is 21.8. The lowest BCUT2D eigenvalue weighted by molar-refractivity contribution is -0.115. The quantitative estimate of drug-likeness (QED) is 0.623. The molecule has 3 heterocycles. The van der Waals surface area contributed by atoms with Crippen LogP contribution in [0.2, 0.25) is 0 Å². The molecular formula is C21H22F2N6O2. The number of anilines is 2. The molecule has 0 unspecified atom stereocenters. The van der Waals surface area contributed by atoms with Crippen LogP contribution in [0.4, 0.5) is 20.4 Å². The van der Waals surface area contributed by atoms with Crippen molar-refractivity contribution in [3.63, 3.8) is 0 Å². The van der Waals surface area contributed by atoms with Crippen LogP contribution < -0.4 is 15.0 Å². The van der Waals surface area contributed by atoms with Gasteiger partial charge in [-0.15, -0.1) is 5.10 Å². The molecule has 1 aliphatic rings. The molecule has 2 aromatic heterocycles. The Kier molecular flexibility index (Phi) is 6.06. The molecule has 0 radical (unpaired) electrons. The third kappa shape index (κ3) is 4.96. The van der Waals surface area contributed by atoms with Crippen molar-refractivity contribution in [2.45, 2.75) is 25.8 Å². The van der Waals surface area contributed by atoms with Crippen molar-refractivity contribution in [1.82, 2.24) is 20.0 Å². The molecule has 8 nitrogen and oxygen atoms in total. The molecular weight excluding hydrogens is 406 g/mol. The van der Waals surface area contributed by atoms with Gasteiger partial charge < -0.3 is 15.0 Å². The van der Waals surface area contributed by atoms with Crippen LogP contribution in [0.5, 0.6) is 5.75 Å². The first-order valence-electron chi connectivity index (χ1n) is 9.93. The lowest BCUT2D eigenvalue weighted by Gasteiger charge is -2.16.